The fourth-order valence-electron chi connectivity index (χ4n) is 1.86. The maximum atomic E-state index is 5.55. The fraction of sp³-hybridized carbons (Fsp3) is 0.500. The van der Waals surface area contributed by atoms with E-state index in [4.69, 9.17) is 22.7 Å². The van der Waals surface area contributed by atoms with Gasteiger partial charge in [-0.1, -0.05) is 12.2 Å². The Kier molecular flexibility index (Phi) is 4.86. The van der Waals surface area contributed by atoms with Gasteiger partial charge in [0.2, 0.25) is 0 Å². The van der Waals surface area contributed by atoms with Crippen molar-refractivity contribution in [3.05, 3.63) is 24.0 Å². The lowest BCUT2D eigenvalue weighted by atomic mass is 10.3. The Balaban J connectivity index is 1.78. The summed E-state index contributed by atoms with van der Waals surface area (Å²) in [6, 6.07) is 3.79. The van der Waals surface area contributed by atoms with E-state index in [0.29, 0.717) is 10.7 Å². The van der Waals surface area contributed by atoms with Crippen molar-refractivity contribution in [2.45, 2.75) is 0 Å². The third-order valence-electron chi connectivity index (χ3n) is 2.87. The third kappa shape index (κ3) is 3.90. The number of hydrogen-bond donors (Lipinski definition) is 2. The Morgan fingerprint density at radius 2 is 2.28 bits per heavy atom. The molecule has 0 atom stereocenters. The van der Waals surface area contributed by atoms with Crippen LogP contribution >= 0.6 is 12.2 Å². The van der Waals surface area contributed by atoms with E-state index in [2.05, 4.69) is 15.2 Å². The van der Waals surface area contributed by atoms with Gasteiger partial charge in [-0.2, -0.15) is 0 Å². The number of morpholine rings is 1. The van der Waals surface area contributed by atoms with Crippen molar-refractivity contribution in [3.8, 4) is 0 Å². The van der Waals surface area contributed by atoms with Gasteiger partial charge in [0, 0.05) is 38.1 Å². The van der Waals surface area contributed by atoms with E-state index in [9.17, 15) is 0 Å². The maximum Gasteiger partial charge on any atom is 0.122 e. The molecule has 1 aromatic rings. The molecule has 0 bridgehead atoms. The zero-order valence-corrected chi connectivity index (χ0v) is 11.1. The summed E-state index contributed by atoms with van der Waals surface area (Å²) in [5, 5.41) is 3.35. The SMILES string of the molecule is NC(=S)c1cc(NCCN2CCOCC2)ccn1. The van der Waals surface area contributed by atoms with Crippen LogP contribution in [0.4, 0.5) is 5.69 Å². The Labute approximate surface area is 112 Å². The van der Waals surface area contributed by atoms with Gasteiger partial charge in [-0.15, -0.1) is 0 Å². The van der Waals surface area contributed by atoms with Crippen LogP contribution in [0.15, 0.2) is 18.3 Å². The summed E-state index contributed by atoms with van der Waals surface area (Å²) in [4.78, 5) is 6.81. The molecule has 1 aliphatic rings. The second kappa shape index (κ2) is 6.63. The predicted molar refractivity (Wildman–Crippen MR) is 75.9 cm³/mol. The summed E-state index contributed by atoms with van der Waals surface area (Å²) < 4.78 is 5.31. The molecule has 0 spiro atoms. The molecule has 1 aliphatic heterocycles. The average Bonchev–Trinajstić information content (AvgIpc) is 2.40. The van der Waals surface area contributed by atoms with E-state index >= 15 is 0 Å². The molecule has 1 aromatic heterocycles. The van der Waals surface area contributed by atoms with Crippen LogP contribution in [-0.4, -0.2) is 54.3 Å². The minimum atomic E-state index is 0.326. The third-order valence-corrected chi connectivity index (χ3v) is 3.08. The molecule has 0 saturated carbocycles. The number of rotatable bonds is 5. The minimum absolute atomic E-state index is 0.326. The first kappa shape index (κ1) is 13.2. The van der Waals surface area contributed by atoms with E-state index < -0.39 is 0 Å². The van der Waals surface area contributed by atoms with E-state index in [1.54, 1.807) is 6.20 Å². The maximum absolute atomic E-state index is 5.55. The van der Waals surface area contributed by atoms with Crippen LogP contribution < -0.4 is 11.1 Å². The standard InChI is InChI=1S/C12H18N4OS/c13-12(18)11-9-10(1-2-15-11)14-3-4-16-5-7-17-8-6-16/h1-2,9H,3-8H2,(H2,13,18)(H,14,15). The lowest BCUT2D eigenvalue weighted by molar-refractivity contribution is 0.0398. The molecule has 1 fully saturated rings. The first-order chi connectivity index (χ1) is 8.75. The van der Waals surface area contributed by atoms with Crippen molar-refractivity contribution in [3.63, 3.8) is 0 Å². The highest BCUT2D eigenvalue weighted by atomic mass is 32.1. The van der Waals surface area contributed by atoms with Crippen molar-refractivity contribution in [1.82, 2.24) is 9.88 Å². The molecule has 0 radical (unpaired) electrons. The number of nitrogens with two attached hydrogens (primary N) is 1. The Hall–Kier alpha value is -1.24. The molecular weight excluding hydrogens is 248 g/mol. The first-order valence-corrected chi connectivity index (χ1v) is 6.46. The molecule has 0 amide bonds. The first-order valence-electron chi connectivity index (χ1n) is 6.05. The average molecular weight is 266 g/mol. The molecule has 1 saturated heterocycles. The van der Waals surface area contributed by atoms with E-state index in [1.165, 1.54) is 0 Å². The number of nitrogens with zero attached hydrogens (tertiary/aromatic N) is 2. The highest BCUT2D eigenvalue weighted by Gasteiger charge is 2.09. The van der Waals surface area contributed by atoms with Crippen molar-refractivity contribution in [1.29, 1.82) is 0 Å². The topological polar surface area (TPSA) is 63.4 Å². The van der Waals surface area contributed by atoms with Gasteiger partial charge in [0.05, 0.1) is 18.9 Å². The van der Waals surface area contributed by atoms with E-state index in [-0.39, 0.29) is 0 Å². The van der Waals surface area contributed by atoms with Crippen molar-refractivity contribution in [2.75, 3.05) is 44.7 Å². The Morgan fingerprint density at radius 3 is 3.00 bits per heavy atom. The summed E-state index contributed by atoms with van der Waals surface area (Å²) in [7, 11) is 0. The molecule has 2 heterocycles. The predicted octanol–water partition coefficient (Wildman–Crippen LogP) is 0.460. The van der Waals surface area contributed by atoms with Gasteiger partial charge in [0.15, 0.2) is 0 Å². The van der Waals surface area contributed by atoms with Gasteiger partial charge in [-0.05, 0) is 12.1 Å². The normalized spacial score (nSPS) is 16.4. The van der Waals surface area contributed by atoms with E-state index in [0.717, 1.165) is 45.1 Å². The minimum Gasteiger partial charge on any atom is -0.388 e. The van der Waals surface area contributed by atoms with Crippen LogP contribution in [0.5, 0.6) is 0 Å². The quantitative estimate of drug-likeness (QED) is 0.755. The highest BCUT2D eigenvalue weighted by molar-refractivity contribution is 7.80. The molecule has 0 aromatic carbocycles. The number of aromatic nitrogens is 1. The molecule has 2 rings (SSSR count). The van der Waals surface area contributed by atoms with Gasteiger partial charge >= 0.3 is 0 Å². The van der Waals surface area contributed by atoms with Gasteiger partial charge in [-0.25, -0.2) is 0 Å². The summed E-state index contributed by atoms with van der Waals surface area (Å²) >= 11 is 4.90. The van der Waals surface area contributed by atoms with Crippen molar-refractivity contribution in [2.24, 2.45) is 5.73 Å². The van der Waals surface area contributed by atoms with Crippen molar-refractivity contribution < 1.29 is 4.74 Å². The Morgan fingerprint density at radius 1 is 1.50 bits per heavy atom. The molecule has 18 heavy (non-hydrogen) atoms. The largest absolute Gasteiger partial charge is 0.388 e. The van der Waals surface area contributed by atoms with Crippen LogP contribution in [0, 0.1) is 0 Å². The highest BCUT2D eigenvalue weighted by Crippen LogP contribution is 2.07. The Bertz CT molecular complexity index is 407. The smallest absolute Gasteiger partial charge is 0.122 e. The molecular formula is C12H18N4OS. The second-order valence-corrected chi connectivity index (χ2v) is 4.61. The second-order valence-electron chi connectivity index (χ2n) is 4.17. The lowest BCUT2D eigenvalue weighted by Crippen LogP contribution is -2.39. The number of hydrogen-bond acceptors (Lipinski definition) is 5. The molecule has 3 N–H and O–H groups in total. The monoisotopic (exact) mass is 266 g/mol. The summed E-state index contributed by atoms with van der Waals surface area (Å²) in [5.41, 5.74) is 7.20. The summed E-state index contributed by atoms with van der Waals surface area (Å²) in [6.45, 7) is 5.59. The molecule has 5 nitrogen and oxygen atoms in total. The molecule has 0 aliphatic carbocycles. The van der Waals surface area contributed by atoms with Gasteiger partial charge in [-0.3, -0.25) is 9.88 Å². The van der Waals surface area contributed by atoms with Crippen LogP contribution in [0.2, 0.25) is 0 Å². The van der Waals surface area contributed by atoms with E-state index in [1.807, 2.05) is 12.1 Å². The lowest BCUT2D eigenvalue weighted by Gasteiger charge is -2.26. The number of thiocarbonyl (C=S) groups is 1. The molecule has 0 unspecified atom stereocenters. The zero-order chi connectivity index (χ0) is 12.8. The summed E-state index contributed by atoms with van der Waals surface area (Å²) in [5.74, 6) is 0. The number of ether oxygens (including phenoxy) is 1. The van der Waals surface area contributed by atoms with Gasteiger partial charge < -0.3 is 15.8 Å². The van der Waals surface area contributed by atoms with Crippen LogP contribution in [0.3, 0.4) is 0 Å². The van der Waals surface area contributed by atoms with Gasteiger partial charge in [0.1, 0.15) is 4.99 Å². The zero-order valence-electron chi connectivity index (χ0n) is 10.3. The number of nitrogens with one attached hydrogen (secondary N) is 1. The van der Waals surface area contributed by atoms with Crippen LogP contribution in [0.1, 0.15) is 5.69 Å². The van der Waals surface area contributed by atoms with Crippen LogP contribution in [-0.2, 0) is 4.74 Å². The molecule has 6 heteroatoms. The van der Waals surface area contributed by atoms with Gasteiger partial charge in [0.25, 0.3) is 0 Å². The summed E-state index contributed by atoms with van der Waals surface area (Å²) in [6.07, 6.45) is 1.71. The van der Waals surface area contributed by atoms with Crippen molar-refractivity contribution >= 4 is 22.9 Å². The van der Waals surface area contributed by atoms with Crippen LogP contribution in [0.25, 0.3) is 0 Å². The number of pyridine rings is 1. The fourth-order valence-corrected chi connectivity index (χ4v) is 1.97. The molecule has 98 valence electrons. The number of anilines is 1.